The van der Waals surface area contributed by atoms with Gasteiger partial charge in [0.2, 0.25) is 5.91 Å². The number of alkyl carbamates (subject to hydrolysis) is 1. The Balaban J connectivity index is 2.17. The molecule has 1 aliphatic heterocycles. The quantitative estimate of drug-likeness (QED) is 0.901. The number of amides is 2. The monoisotopic (exact) mass is 276 g/mol. The van der Waals surface area contributed by atoms with Crippen molar-refractivity contribution in [3.05, 3.63) is 29.8 Å². The maximum absolute atomic E-state index is 12.3. The highest BCUT2D eigenvalue weighted by Gasteiger charge is 2.24. The Morgan fingerprint density at radius 2 is 2.15 bits per heavy atom. The lowest BCUT2D eigenvalue weighted by molar-refractivity contribution is -0.117. The molecule has 0 fully saturated rings. The molecule has 0 saturated heterocycles. The molecule has 0 unspecified atom stereocenters. The fourth-order valence-electron chi connectivity index (χ4n) is 2.56. The zero-order chi connectivity index (χ0) is 14.5. The van der Waals surface area contributed by atoms with Crippen LogP contribution in [0.3, 0.4) is 0 Å². The second kappa shape index (κ2) is 6.41. The largest absolute Gasteiger partial charge is 0.453 e. The van der Waals surface area contributed by atoms with E-state index in [2.05, 4.69) is 23.0 Å². The van der Waals surface area contributed by atoms with Crippen molar-refractivity contribution in [2.24, 2.45) is 0 Å². The molecule has 1 aliphatic rings. The van der Waals surface area contributed by atoms with Gasteiger partial charge in [-0.25, -0.2) is 4.79 Å². The van der Waals surface area contributed by atoms with Gasteiger partial charge in [0, 0.05) is 12.2 Å². The summed E-state index contributed by atoms with van der Waals surface area (Å²) >= 11 is 0. The van der Waals surface area contributed by atoms with Gasteiger partial charge in [0.25, 0.3) is 0 Å². The lowest BCUT2D eigenvalue weighted by atomic mass is 9.96. The molecule has 0 aliphatic carbocycles. The van der Waals surface area contributed by atoms with Crippen molar-refractivity contribution in [1.29, 1.82) is 0 Å². The second-order valence-electron chi connectivity index (χ2n) is 4.99. The van der Waals surface area contributed by atoms with Crippen molar-refractivity contribution in [2.75, 3.05) is 25.1 Å². The molecule has 1 atom stereocenters. The number of carbonyl (C=O) groups excluding carboxylic acids is 2. The Morgan fingerprint density at radius 1 is 1.40 bits per heavy atom. The lowest BCUT2D eigenvalue weighted by Crippen LogP contribution is -2.40. The Bertz CT molecular complexity index is 502. The summed E-state index contributed by atoms with van der Waals surface area (Å²) in [6, 6.07) is 7.97. The first-order valence-electron chi connectivity index (χ1n) is 6.84. The van der Waals surface area contributed by atoms with Crippen LogP contribution in [0.4, 0.5) is 10.5 Å². The summed E-state index contributed by atoms with van der Waals surface area (Å²) in [4.78, 5) is 25.1. The van der Waals surface area contributed by atoms with E-state index in [1.54, 1.807) is 4.90 Å². The second-order valence-corrected chi connectivity index (χ2v) is 4.99. The van der Waals surface area contributed by atoms with Gasteiger partial charge in [-0.1, -0.05) is 25.1 Å². The minimum atomic E-state index is -0.588. The predicted octanol–water partition coefficient (Wildman–Crippen LogP) is 2.27. The maximum Gasteiger partial charge on any atom is 0.407 e. The predicted molar refractivity (Wildman–Crippen MR) is 76.9 cm³/mol. The van der Waals surface area contributed by atoms with E-state index in [4.69, 9.17) is 0 Å². The third kappa shape index (κ3) is 3.10. The molecule has 0 spiro atoms. The van der Waals surface area contributed by atoms with Crippen LogP contribution in [0.5, 0.6) is 0 Å². The van der Waals surface area contributed by atoms with Gasteiger partial charge in [0.1, 0.15) is 6.54 Å². The molecule has 5 nitrogen and oxygen atoms in total. The van der Waals surface area contributed by atoms with Gasteiger partial charge < -0.3 is 15.0 Å². The fourth-order valence-corrected chi connectivity index (χ4v) is 2.56. The van der Waals surface area contributed by atoms with Crippen LogP contribution in [0.2, 0.25) is 0 Å². The van der Waals surface area contributed by atoms with Crippen molar-refractivity contribution in [2.45, 2.75) is 25.7 Å². The van der Waals surface area contributed by atoms with Crippen molar-refractivity contribution in [1.82, 2.24) is 5.32 Å². The SMILES string of the molecule is COC(=O)NCC(=O)N1CCC[C@H](C)c2ccccc21. The first-order chi connectivity index (χ1) is 9.63. The number of nitrogens with one attached hydrogen (secondary N) is 1. The van der Waals surface area contributed by atoms with Gasteiger partial charge in [-0.3, -0.25) is 4.79 Å². The van der Waals surface area contributed by atoms with Crippen LogP contribution in [0.1, 0.15) is 31.2 Å². The number of rotatable bonds is 2. The number of nitrogens with zero attached hydrogens (tertiary/aromatic N) is 1. The van der Waals surface area contributed by atoms with Gasteiger partial charge >= 0.3 is 6.09 Å². The number of benzene rings is 1. The van der Waals surface area contributed by atoms with Gasteiger partial charge in [0.15, 0.2) is 0 Å². The van der Waals surface area contributed by atoms with Gasteiger partial charge in [-0.2, -0.15) is 0 Å². The number of hydrogen-bond acceptors (Lipinski definition) is 3. The number of anilines is 1. The molecule has 1 heterocycles. The number of hydrogen-bond donors (Lipinski definition) is 1. The summed E-state index contributed by atoms with van der Waals surface area (Å²) in [5.41, 5.74) is 2.14. The minimum Gasteiger partial charge on any atom is -0.453 e. The summed E-state index contributed by atoms with van der Waals surface area (Å²) in [6.45, 7) is 2.82. The van der Waals surface area contributed by atoms with Crippen molar-refractivity contribution < 1.29 is 14.3 Å². The first kappa shape index (κ1) is 14.4. The molecule has 1 N–H and O–H groups in total. The van der Waals surface area contributed by atoms with Crippen molar-refractivity contribution >= 4 is 17.7 Å². The smallest absolute Gasteiger partial charge is 0.407 e. The Labute approximate surface area is 118 Å². The van der Waals surface area contributed by atoms with E-state index >= 15 is 0 Å². The zero-order valence-corrected chi connectivity index (χ0v) is 11.9. The molecule has 2 amide bonds. The maximum atomic E-state index is 12.3. The van der Waals surface area contributed by atoms with Gasteiger partial charge in [-0.15, -0.1) is 0 Å². The normalized spacial score (nSPS) is 17.9. The Hall–Kier alpha value is -2.04. The Kier molecular flexibility index (Phi) is 4.61. The Morgan fingerprint density at radius 3 is 2.90 bits per heavy atom. The highest BCUT2D eigenvalue weighted by molar-refractivity contribution is 5.97. The topological polar surface area (TPSA) is 58.6 Å². The number of carbonyl (C=O) groups is 2. The summed E-state index contributed by atoms with van der Waals surface area (Å²) < 4.78 is 4.48. The van der Waals surface area contributed by atoms with Crippen LogP contribution in [0, 0.1) is 0 Å². The minimum absolute atomic E-state index is 0.0462. The third-order valence-electron chi connectivity index (χ3n) is 3.65. The molecule has 0 radical (unpaired) electrons. The highest BCUT2D eigenvalue weighted by atomic mass is 16.5. The molecule has 108 valence electrons. The van der Waals surface area contributed by atoms with Crippen LogP contribution in [0.15, 0.2) is 24.3 Å². The molecular weight excluding hydrogens is 256 g/mol. The molecule has 0 bridgehead atoms. The summed E-state index contributed by atoms with van der Waals surface area (Å²) in [5.74, 6) is 0.328. The molecular formula is C15H20N2O3. The average molecular weight is 276 g/mol. The van der Waals surface area contributed by atoms with Gasteiger partial charge in [0.05, 0.1) is 7.11 Å². The van der Waals surface area contributed by atoms with Crippen molar-refractivity contribution in [3.63, 3.8) is 0 Å². The first-order valence-corrected chi connectivity index (χ1v) is 6.84. The lowest BCUT2D eigenvalue weighted by Gasteiger charge is -2.23. The molecule has 2 rings (SSSR count). The van der Waals surface area contributed by atoms with Crippen molar-refractivity contribution in [3.8, 4) is 0 Å². The average Bonchev–Trinajstić information content (AvgIpc) is 2.64. The molecule has 1 aromatic carbocycles. The van der Waals surface area contributed by atoms with E-state index < -0.39 is 6.09 Å². The van der Waals surface area contributed by atoms with Crippen LogP contribution in [-0.2, 0) is 9.53 Å². The van der Waals surface area contributed by atoms with Crippen LogP contribution < -0.4 is 10.2 Å². The van der Waals surface area contributed by atoms with E-state index in [1.165, 1.54) is 12.7 Å². The molecule has 20 heavy (non-hydrogen) atoms. The number of para-hydroxylation sites is 1. The summed E-state index contributed by atoms with van der Waals surface area (Å²) in [7, 11) is 1.28. The summed E-state index contributed by atoms with van der Waals surface area (Å²) in [5, 5.41) is 2.44. The number of methoxy groups -OCH3 is 1. The van der Waals surface area contributed by atoms with E-state index in [-0.39, 0.29) is 12.5 Å². The highest BCUT2D eigenvalue weighted by Crippen LogP contribution is 2.33. The number of ether oxygens (including phenoxy) is 1. The molecule has 1 aromatic rings. The van der Waals surface area contributed by atoms with Crippen LogP contribution in [-0.4, -0.2) is 32.2 Å². The van der Waals surface area contributed by atoms with E-state index in [1.807, 2.05) is 18.2 Å². The standard InChI is InChI=1S/C15H20N2O3/c1-11-6-5-9-17(13-8-4-3-7-12(11)13)14(18)10-16-15(19)20-2/h3-4,7-8,11H,5-6,9-10H2,1-2H3,(H,16,19)/t11-/m0/s1. The van der Waals surface area contributed by atoms with E-state index in [0.29, 0.717) is 12.5 Å². The van der Waals surface area contributed by atoms with Crippen LogP contribution >= 0.6 is 0 Å². The third-order valence-corrected chi connectivity index (χ3v) is 3.65. The van der Waals surface area contributed by atoms with Crippen LogP contribution in [0.25, 0.3) is 0 Å². The fraction of sp³-hybridized carbons (Fsp3) is 0.467. The molecule has 0 aromatic heterocycles. The molecule has 5 heteroatoms. The van der Waals surface area contributed by atoms with E-state index in [0.717, 1.165) is 18.5 Å². The van der Waals surface area contributed by atoms with E-state index in [9.17, 15) is 9.59 Å². The number of fused-ring (bicyclic) bond motifs is 1. The summed E-state index contributed by atoms with van der Waals surface area (Å²) in [6.07, 6.45) is 1.43. The zero-order valence-electron chi connectivity index (χ0n) is 11.9. The van der Waals surface area contributed by atoms with Gasteiger partial charge in [-0.05, 0) is 30.4 Å². The molecule has 0 saturated carbocycles.